The van der Waals surface area contributed by atoms with Gasteiger partial charge in [0.15, 0.2) is 6.10 Å². The Balaban J connectivity index is 2.10. The molecule has 0 bridgehead atoms. The van der Waals surface area contributed by atoms with E-state index in [0.29, 0.717) is 18.4 Å². The number of aliphatic carboxylic acids is 1. The van der Waals surface area contributed by atoms with Gasteiger partial charge in [-0.2, -0.15) is 0 Å². The smallest absolute Gasteiger partial charge is 0.329 e. The average molecular weight is 249 g/mol. The highest BCUT2D eigenvalue weighted by Gasteiger charge is 2.52. The maximum atomic E-state index is 12.0. The van der Waals surface area contributed by atoms with E-state index in [4.69, 9.17) is 9.84 Å². The summed E-state index contributed by atoms with van der Waals surface area (Å²) in [6, 6.07) is 8.99. The molecule has 0 saturated heterocycles. The summed E-state index contributed by atoms with van der Waals surface area (Å²) in [7, 11) is 1.43. The molecule has 0 radical (unpaired) electrons. The molecule has 0 aromatic heterocycles. The number of hydrogen-bond acceptors (Lipinski definition) is 3. The van der Waals surface area contributed by atoms with Crippen molar-refractivity contribution in [1.29, 1.82) is 0 Å². The molecule has 1 fully saturated rings. The number of carbonyl (C=O) groups is 2. The van der Waals surface area contributed by atoms with Crippen molar-refractivity contribution in [3.63, 3.8) is 0 Å². The lowest BCUT2D eigenvalue weighted by molar-refractivity contribution is -0.145. The van der Waals surface area contributed by atoms with Gasteiger partial charge in [0.25, 0.3) is 5.91 Å². The molecule has 2 N–H and O–H groups in total. The number of amides is 1. The van der Waals surface area contributed by atoms with Crippen molar-refractivity contribution in [2.24, 2.45) is 0 Å². The molecule has 1 atom stereocenters. The van der Waals surface area contributed by atoms with E-state index in [9.17, 15) is 9.59 Å². The number of carbonyl (C=O) groups excluding carboxylic acids is 1. The molecule has 0 heterocycles. The Morgan fingerprint density at radius 2 is 1.94 bits per heavy atom. The molecule has 1 saturated carbocycles. The lowest BCUT2D eigenvalue weighted by Crippen LogP contribution is -2.45. The molecule has 0 spiro atoms. The maximum Gasteiger partial charge on any atom is 0.329 e. The van der Waals surface area contributed by atoms with E-state index < -0.39 is 23.5 Å². The molecule has 1 aromatic carbocycles. The average Bonchev–Trinajstić information content (AvgIpc) is 3.12. The van der Waals surface area contributed by atoms with E-state index in [2.05, 4.69) is 5.32 Å². The third kappa shape index (κ3) is 2.36. The Labute approximate surface area is 105 Å². The second kappa shape index (κ2) is 4.78. The Hall–Kier alpha value is -1.88. The van der Waals surface area contributed by atoms with E-state index >= 15 is 0 Å². The van der Waals surface area contributed by atoms with Gasteiger partial charge in [0.2, 0.25) is 0 Å². The van der Waals surface area contributed by atoms with Crippen molar-refractivity contribution < 1.29 is 19.4 Å². The summed E-state index contributed by atoms with van der Waals surface area (Å²) in [5.74, 6) is -1.40. The number of nitrogens with one attached hydrogen (secondary N) is 1. The van der Waals surface area contributed by atoms with Crippen LogP contribution in [0.15, 0.2) is 30.3 Å². The van der Waals surface area contributed by atoms with Crippen LogP contribution in [-0.2, 0) is 14.3 Å². The standard InChI is InChI=1S/C13H15NO4/c1-18-10(9-5-3-2-4-6-9)11(15)14-13(7-8-13)12(16)17/h2-6,10H,7-8H2,1H3,(H,14,15)(H,16,17). The highest BCUT2D eigenvalue weighted by molar-refractivity contribution is 5.91. The maximum absolute atomic E-state index is 12.0. The summed E-state index contributed by atoms with van der Waals surface area (Å²) in [5, 5.41) is 11.6. The van der Waals surface area contributed by atoms with Crippen LogP contribution >= 0.6 is 0 Å². The molecule has 1 aliphatic carbocycles. The number of carboxylic acids is 1. The van der Waals surface area contributed by atoms with Crippen molar-refractivity contribution in [1.82, 2.24) is 5.32 Å². The quantitative estimate of drug-likeness (QED) is 0.819. The lowest BCUT2D eigenvalue weighted by Gasteiger charge is -2.19. The first-order valence-electron chi connectivity index (χ1n) is 5.72. The van der Waals surface area contributed by atoms with Crippen molar-refractivity contribution in [2.45, 2.75) is 24.5 Å². The summed E-state index contributed by atoms with van der Waals surface area (Å²) in [6.07, 6.45) is 0.168. The van der Waals surface area contributed by atoms with Gasteiger partial charge in [-0.15, -0.1) is 0 Å². The van der Waals surface area contributed by atoms with Gasteiger partial charge in [-0.25, -0.2) is 4.79 Å². The zero-order chi connectivity index (χ0) is 13.2. The molecule has 2 rings (SSSR count). The third-order valence-electron chi connectivity index (χ3n) is 3.10. The van der Waals surface area contributed by atoms with Gasteiger partial charge in [-0.1, -0.05) is 30.3 Å². The highest BCUT2D eigenvalue weighted by atomic mass is 16.5. The van der Waals surface area contributed by atoms with Gasteiger partial charge in [-0.05, 0) is 18.4 Å². The van der Waals surface area contributed by atoms with Crippen LogP contribution in [0.4, 0.5) is 0 Å². The number of rotatable bonds is 5. The van der Waals surface area contributed by atoms with Gasteiger partial charge in [-0.3, -0.25) is 4.79 Å². The monoisotopic (exact) mass is 249 g/mol. The van der Waals surface area contributed by atoms with E-state index in [-0.39, 0.29) is 0 Å². The highest BCUT2D eigenvalue weighted by Crippen LogP contribution is 2.36. The summed E-state index contributed by atoms with van der Waals surface area (Å²) in [4.78, 5) is 23.0. The first kappa shape index (κ1) is 12.6. The molecular weight excluding hydrogens is 234 g/mol. The van der Waals surface area contributed by atoms with E-state index in [0.717, 1.165) is 0 Å². The summed E-state index contributed by atoms with van der Waals surface area (Å²) >= 11 is 0. The van der Waals surface area contributed by atoms with Gasteiger partial charge in [0.1, 0.15) is 5.54 Å². The molecule has 5 nitrogen and oxygen atoms in total. The van der Waals surface area contributed by atoms with Crippen LogP contribution in [-0.4, -0.2) is 29.6 Å². The molecule has 1 aromatic rings. The van der Waals surface area contributed by atoms with E-state index in [1.165, 1.54) is 7.11 Å². The van der Waals surface area contributed by atoms with Gasteiger partial charge < -0.3 is 15.2 Å². The predicted molar refractivity (Wildman–Crippen MR) is 63.9 cm³/mol. The normalized spacial score (nSPS) is 17.8. The zero-order valence-corrected chi connectivity index (χ0v) is 10.1. The number of benzene rings is 1. The van der Waals surface area contributed by atoms with E-state index in [1.807, 2.05) is 6.07 Å². The van der Waals surface area contributed by atoms with Crippen LogP contribution in [0.3, 0.4) is 0 Å². The molecule has 18 heavy (non-hydrogen) atoms. The lowest BCUT2D eigenvalue weighted by atomic mass is 10.1. The molecule has 1 amide bonds. The van der Waals surface area contributed by atoms with Crippen LogP contribution in [0.2, 0.25) is 0 Å². The molecular formula is C13H15NO4. The first-order valence-corrected chi connectivity index (χ1v) is 5.72. The SMILES string of the molecule is COC(C(=O)NC1(C(=O)O)CC1)c1ccccc1. The molecule has 1 aliphatic rings. The third-order valence-corrected chi connectivity index (χ3v) is 3.10. The number of carboxylic acid groups (broad SMARTS) is 1. The molecule has 5 heteroatoms. The molecule has 96 valence electrons. The summed E-state index contributed by atoms with van der Waals surface area (Å²) in [6.45, 7) is 0. The zero-order valence-electron chi connectivity index (χ0n) is 10.1. The predicted octanol–water partition coefficient (Wildman–Crippen LogP) is 1.11. The summed E-state index contributed by atoms with van der Waals surface area (Å²) in [5.41, 5.74) is -0.374. The minimum atomic E-state index is -1.08. The van der Waals surface area contributed by atoms with Crippen LogP contribution in [0, 0.1) is 0 Å². The topological polar surface area (TPSA) is 75.6 Å². The van der Waals surface area contributed by atoms with Crippen molar-refractivity contribution in [3.8, 4) is 0 Å². The largest absolute Gasteiger partial charge is 0.480 e. The fourth-order valence-corrected chi connectivity index (χ4v) is 1.84. The van der Waals surface area contributed by atoms with Gasteiger partial charge in [0, 0.05) is 7.11 Å². The fraction of sp³-hybridized carbons (Fsp3) is 0.385. The Morgan fingerprint density at radius 1 is 1.33 bits per heavy atom. The van der Waals surface area contributed by atoms with E-state index in [1.54, 1.807) is 24.3 Å². The minimum Gasteiger partial charge on any atom is -0.480 e. The van der Waals surface area contributed by atoms with Crippen LogP contribution in [0.5, 0.6) is 0 Å². The van der Waals surface area contributed by atoms with Gasteiger partial charge >= 0.3 is 5.97 Å². The fourth-order valence-electron chi connectivity index (χ4n) is 1.84. The van der Waals surface area contributed by atoms with Gasteiger partial charge in [0.05, 0.1) is 0 Å². The van der Waals surface area contributed by atoms with Crippen LogP contribution in [0.1, 0.15) is 24.5 Å². The number of methoxy groups -OCH3 is 1. The second-order valence-corrected chi connectivity index (χ2v) is 4.40. The number of ether oxygens (including phenoxy) is 1. The van der Waals surface area contributed by atoms with Crippen molar-refractivity contribution in [2.75, 3.05) is 7.11 Å². The first-order chi connectivity index (χ1) is 8.59. The Morgan fingerprint density at radius 3 is 2.39 bits per heavy atom. The number of hydrogen-bond donors (Lipinski definition) is 2. The Bertz CT molecular complexity index is 453. The van der Waals surface area contributed by atoms with Crippen LogP contribution in [0.25, 0.3) is 0 Å². The summed E-state index contributed by atoms with van der Waals surface area (Å²) < 4.78 is 5.15. The Kier molecular flexibility index (Phi) is 3.34. The molecule has 1 unspecified atom stereocenters. The van der Waals surface area contributed by atoms with Crippen molar-refractivity contribution >= 4 is 11.9 Å². The minimum absolute atomic E-state index is 0.413. The second-order valence-electron chi connectivity index (χ2n) is 4.40. The molecule has 0 aliphatic heterocycles. The van der Waals surface area contributed by atoms with Crippen molar-refractivity contribution in [3.05, 3.63) is 35.9 Å². The van der Waals surface area contributed by atoms with Crippen LogP contribution < -0.4 is 5.32 Å².